The van der Waals surface area contributed by atoms with Crippen molar-refractivity contribution in [2.75, 3.05) is 11.5 Å². The summed E-state index contributed by atoms with van der Waals surface area (Å²) in [5, 5.41) is 4.92. The third-order valence-corrected chi connectivity index (χ3v) is 7.04. The minimum Gasteiger partial charge on any atom is -0.494 e. The second kappa shape index (κ2) is 9.72. The Balaban J connectivity index is 1.65. The smallest absolute Gasteiger partial charge is 0.174 e. The van der Waals surface area contributed by atoms with E-state index >= 15 is 0 Å². The molecule has 2 aromatic carbocycles. The van der Waals surface area contributed by atoms with Crippen LogP contribution < -0.4 is 15.0 Å². The molecule has 1 N–H and O–H groups in total. The Kier molecular flexibility index (Phi) is 6.50. The first-order valence-electron chi connectivity index (χ1n) is 11.7. The summed E-state index contributed by atoms with van der Waals surface area (Å²) < 4.78 is 7.87. The minimum absolute atomic E-state index is 0.0993. The Labute approximate surface area is 216 Å². The van der Waals surface area contributed by atoms with Gasteiger partial charge in [-0.2, -0.15) is 0 Å². The van der Waals surface area contributed by atoms with Gasteiger partial charge in [-0.05, 0) is 93.1 Å². The molecule has 1 fully saturated rings. The number of para-hydroxylation sites is 1. The number of hydrogen-bond donors (Lipinski definition) is 1. The van der Waals surface area contributed by atoms with Crippen LogP contribution in [0.5, 0.6) is 5.75 Å². The molecule has 0 unspecified atom stereocenters. The van der Waals surface area contributed by atoms with Gasteiger partial charge < -0.3 is 19.5 Å². The Bertz CT molecular complexity index is 1350. The third kappa shape index (κ3) is 4.28. The van der Waals surface area contributed by atoms with Crippen LogP contribution in [-0.4, -0.2) is 21.3 Å². The zero-order valence-electron chi connectivity index (χ0n) is 19.9. The van der Waals surface area contributed by atoms with E-state index < -0.39 is 0 Å². The summed E-state index contributed by atoms with van der Waals surface area (Å²) >= 11 is 12.5. The molecule has 1 aliphatic rings. The fraction of sp³-hybridized carbons (Fsp3) is 0.214. The van der Waals surface area contributed by atoms with Crippen molar-refractivity contribution in [2.45, 2.75) is 32.9 Å². The van der Waals surface area contributed by atoms with Crippen molar-refractivity contribution in [3.8, 4) is 11.4 Å². The number of ether oxygens (including phenoxy) is 1. The van der Waals surface area contributed by atoms with Crippen molar-refractivity contribution >= 4 is 34.6 Å². The van der Waals surface area contributed by atoms with Gasteiger partial charge in [-0.3, -0.25) is 4.98 Å². The first-order chi connectivity index (χ1) is 17.0. The van der Waals surface area contributed by atoms with Crippen LogP contribution in [0.15, 0.2) is 79.0 Å². The second-order valence-electron chi connectivity index (χ2n) is 8.54. The van der Waals surface area contributed by atoms with Crippen LogP contribution in [0.4, 0.5) is 5.69 Å². The molecule has 0 aliphatic carbocycles. The molecule has 0 bridgehead atoms. The van der Waals surface area contributed by atoms with Crippen LogP contribution in [0, 0.1) is 13.8 Å². The lowest BCUT2D eigenvalue weighted by atomic mass is 9.96. The number of nitrogens with zero attached hydrogens (tertiary/aromatic N) is 3. The SMILES string of the molecule is CCOc1ccc(N2C(=S)N[C@H](c3ccccn3)[C@H]2c2cc(C)n(-c3ccccc3Cl)c2C)cc1. The number of nitrogens with one attached hydrogen (secondary N) is 1. The standard InChI is InChI=1S/C28H27ClN4OS/c1-4-34-21-14-12-20(13-15-21)33-27(26(31-28(33)35)24-10-7-8-16-30-24)22-17-18(2)32(19(22)3)25-11-6-5-9-23(25)29/h5-17,26-27H,4H2,1-3H3,(H,31,35)/t26-,27-/m1/s1. The summed E-state index contributed by atoms with van der Waals surface area (Å²) in [5.74, 6) is 0.837. The normalized spacial score (nSPS) is 17.5. The number of pyridine rings is 1. The largest absolute Gasteiger partial charge is 0.494 e. The van der Waals surface area contributed by atoms with Crippen LogP contribution >= 0.6 is 23.8 Å². The number of benzene rings is 2. The van der Waals surface area contributed by atoms with Crippen LogP contribution in [0.3, 0.4) is 0 Å². The Morgan fingerprint density at radius 1 is 1.03 bits per heavy atom. The van der Waals surface area contributed by atoms with E-state index in [1.54, 1.807) is 0 Å². The number of hydrogen-bond acceptors (Lipinski definition) is 3. The van der Waals surface area contributed by atoms with Crippen LogP contribution in [0.25, 0.3) is 5.69 Å². The molecule has 5 nitrogen and oxygen atoms in total. The zero-order valence-corrected chi connectivity index (χ0v) is 21.5. The number of halogens is 1. The highest BCUT2D eigenvalue weighted by atomic mass is 35.5. The number of rotatable bonds is 6. The number of anilines is 1. The quantitative estimate of drug-likeness (QED) is 0.296. The zero-order chi connectivity index (χ0) is 24.5. The van der Waals surface area contributed by atoms with Gasteiger partial charge in [-0.1, -0.05) is 29.8 Å². The molecule has 5 rings (SSSR count). The van der Waals surface area contributed by atoms with E-state index in [9.17, 15) is 0 Å². The van der Waals surface area contributed by atoms with E-state index in [-0.39, 0.29) is 12.1 Å². The van der Waals surface area contributed by atoms with Crippen molar-refractivity contribution in [3.63, 3.8) is 0 Å². The maximum Gasteiger partial charge on any atom is 0.174 e. The lowest BCUT2D eigenvalue weighted by Crippen LogP contribution is -2.29. The molecule has 0 spiro atoms. The molecule has 3 heterocycles. The van der Waals surface area contributed by atoms with Gasteiger partial charge in [0.25, 0.3) is 0 Å². The first-order valence-corrected chi connectivity index (χ1v) is 12.5. The first kappa shape index (κ1) is 23.4. The van der Waals surface area contributed by atoms with Crippen molar-refractivity contribution < 1.29 is 4.74 Å². The highest BCUT2D eigenvalue weighted by Gasteiger charge is 2.42. The molecule has 1 saturated heterocycles. The highest BCUT2D eigenvalue weighted by molar-refractivity contribution is 7.80. The molecule has 4 aromatic rings. The monoisotopic (exact) mass is 502 g/mol. The van der Waals surface area contributed by atoms with Gasteiger partial charge in [-0.25, -0.2) is 0 Å². The number of aryl methyl sites for hydroxylation is 1. The van der Waals surface area contributed by atoms with E-state index in [0.717, 1.165) is 34.2 Å². The Morgan fingerprint density at radius 2 is 1.77 bits per heavy atom. The van der Waals surface area contributed by atoms with E-state index in [0.29, 0.717) is 16.7 Å². The lowest BCUT2D eigenvalue weighted by Gasteiger charge is -2.28. The summed E-state index contributed by atoms with van der Waals surface area (Å²) in [6.45, 7) is 6.85. The van der Waals surface area contributed by atoms with Crippen molar-refractivity contribution in [2.24, 2.45) is 0 Å². The molecule has 2 atom stereocenters. The summed E-state index contributed by atoms with van der Waals surface area (Å²) in [6, 6.07) is 24.0. The molecular weight excluding hydrogens is 476 g/mol. The maximum absolute atomic E-state index is 6.60. The van der Waals surface area contributed by atoms with Gasteiger partial charge in [0.1, 0.15) is 5.75 Å². The summed E-state index contributed by atoms with van der Waals surface area (Å²) in [6.07, 6.45) is 1.82. The van der Waals surface area contributed by atoms with E-state index in [1.807, 2.05) is 67.7 Å². The predicted octanol–water partition coefficient (Wildman–Crippen LogP) is 6.72. The van der Waals surface area contributed by atoms with Gasteiger partial charge >= 0.3 is 0 Å². The topological polar surface area (TPSA) is 42.3 Å². The Hall–Kier alpha value is -3.35. The van der Waals surface area contributed by atoms with E-state index in [2.05, 4.69) is 51.8 Å². The molecule has 1 aliphatic heterocycles. The lowest BCUT2D eigenvalue weighted by molar-refractivity contribution is 0.340. The molecule has 0 saturated carbocycles. The fourth-order valence-electron chi connectivity index (χ4n) is 4.91. The molecule has 0 amide bonds. The van der Waals surface area contributed by atoms with Gasteiger partial charge in [0.05, 0.1) is 35.1 Å². The molecule has 2 aromatic heterocycles. The summed E-state index contributed by atoms with van der Waals surface area (Å²) in [4.78, 5) is 6.86. The van der Waals surface area contributed by atoms with Gasteiger partial charge in [0.15, 0.2) is 5.11 Å². The average Bonchev–Trinajstić information content (AvgIpc) is 3.36. The van der Waals surface area contributed by atoms with E-state index in [4.69, 9.17) is 28.6 Å². The average molecular weight is 503 g/mol. The summed E-state index contributed by atoms with van der Waals surface area (Å²) in [7, 11) is 0. The van der Waals surface area contributed by atoms with Crippen molar-refractivity contribution in [1.82, 2.24) is 14.9 Å². The van der Waals surface area contributed by atoms with Crippen LogP contribution in [0.1, 0.15) is 41.7 Å². The van der Waals surface area contributed by atoms with Crippen LogP contribution in [-0.2, 0) is 0 Å². The van der Waals surface area contributed by atoms with Gasteiger partial charge in [-0.15, -0.1) is 0 Å². The van der Waals surface area contributed by atoms with Gasteiger partial charge in [0, 0.05) is 23.3 Å². The number of thiocarbonyl (C=S) groups is 1. The molecule has 7 heteroatoms. The fourth-order valence-corrected chi connectivity index (χ4v) is 5.48. The van der Waals surface area contributed by atoms with E-state index in [1.165, 1.54) is 5.56 Å². The minimum atomic E-state index is -0.115. The second-order valence-corrected chi connectivity index (χ2v) is 9.33. The molecular formula is C28H27ClN4OS. The number of aromatic nitrogens is 2. The summed E-state index contributed by atoms with van der Waals surface area (Å²) in [5.41, 5.74) is 6.29. The highest BCUT2D eigenvalue weighted by Crippen LogP contribution is 2.44. The van der Waals surface area contributed by atoms with Crippen LogP contribution in [0.2, 0.25) is 5.02 Å². The van der Waals surface area contributed by atoms with Crippen molar-refractivity contribution in [3.05, 3.63) is 107 Å². The molecule has 0 radical (unpaired) electrons. The molecule has 178 valence electrons. The molecule has 35 heavy (non-hydrogen) atoms. The maximum atomic E-state index is 6.60. The van der Waals surface area contributed by atoms with Crippen molar-refractivity contribution in [1.29, 1.82) is 0 Å². The van der Waals surface area contributed by atoms with Gasteiger partial charge in [0.2, 0.25) is 0 Å². The third-order valence-electron chi connectivity index (χ3n) is 6.41. The predicted molar refractivity (Wildman–Crippen MR) is 146 cm³/mol. The Morgan fingerprint density at radius 3 is 2.46 bits per heavy atom.